The summed E-state index contributed by atoms with van der Waals surface area (Å²) in [6, 6.07) is 6.80. The monoisotopic (exact) mass is 336 g/mol. The topological polar surface area (TPSA) is 96.2 Å². The Morgan fingerprint density at radius 1 is 1.30 bits per heavy atom. The summed E-state index contributed by atoms with van der Waals surface area (Å²) in [6.45, 7) is 2.13. The largest absolute Gasteiger partial charge is 0.481 e. The Labute approximate surface area is 138 Å². The van der Waals surface area contributed by atoms with Gasteiger partial charge in [-0.25, -0.2) is 9.48 Å². The van der Waals surface area contributed by atoms with Crippen molar-refractivity contribution in [2.24, 2.45) is 0 Å². The molecule has 0 aliphatic rings. The van der Waals surface area contributed by atoms with E-state index < -0.39 is 12.0 Å². The van der Waals surface area contributed by atoms with Crippen molar-refractivity contribution in [2.75, 3.05) is 11.9 Å². The van der Waals surface area contributed by atoms with Gasteiger partial charge in [-0.05, 0) is 37.6 Å². The van der Waals surface area contributed by atoms with E-state index in [0.717, 1.165) is 11.4 Å². The van der Waals surface area contributed by atoms with E-state index in [-0.39, 0.29) is 6.42 Å². The Kier molecular flexibility index (Phi) is 5.59. The van der Waals surface area contributed by atoms with Gasteiger partial charge in [0.05, 0.1) is 23.3 Å². The van der Waals surface area contributed by atoms with Crippen molar-refractivity contribution in [1.82, 2.24) is 15.1 Å². The number of aromatic nitrogens is 2. The Morgan fingerprint density at radius 3 is 2.65 bits per heavy atom. The number of carboxylic acids is 1. The number of nitrogens with one attached hydrogen (secondary N) is 2. The molecule has 2 aromatic rings. The number of carbonyl (C=O) groups is 2. The molecule has 1 aromatic carbocycles. The minimum atomic E-state index is -0.882. The molecule has 0 aliphatic heterocycles. The summed E-state index contributed by atoms with van der Waals surface area (Å²) in [6.07, 6.45) is 1.96. The number of nitrogens with zero attached hydrogens (tertiary/aromatic N) is 2. The van der Waals surface area contributed by atoms with Crippen LogP contribution in [-0.2, 0) is 4.79 Å². The van der Waals surface area contributed by atoms with Crippen LogP contribution in [0, 0.1) is 6.92 Å². The lowest BCUT2D eigenvalue weighted by molar-refractivity contribution is -0.137. The molecule has 0 atom stereocenters. The molecule has 1 aromatic heterocycles. The first-order chi connectivity index (χ1) is 11.0. The second kappa shape index (κ2) is 7.64. The van der Waals surface area contributed by atoms with Crippen molar-refractivity contribution in [1.29, 1.82) is 0 Å². The average Bonchev–Trinajstić information content (AvgIpc) is 2.86. The summed E-state index contributed by atoms with van der Waals surface area (Å²) < 4.78 is 1.69. The summed E-state index contributed by atoms with van der Waals surface area (Å²) in [5.74, 6) is -0.882. The zero-order valence-corrected chi connectivity index (χ0v) is 13.3. The standard InChI is InChI=1S/C15H17ClN4O3/c1-10-13(19-15(23)17-8-2-3-14(21)22)9-18-20(10)12-6-4-11(16)5-7-12/h4-7,9H,2-3,8H2,1H3,(H,21,22)(H2,17,19,23). The van der Waals surface area contributed by atoms with E-state index in [1.807, 2.05) is 19.1 Å². The predicted molar refractivity (Wildman–Crippen MR) is 87.2 cm³/mol. The number of hydrogen-bond donors (Lipinski definition) is 3. The fraction of sp³-hybridized carbons (Fsp3) is 0.267. The van der Waals surface area contributed by atoms with Gasteiger partial charge in [-0.2, -0.15) is 5.10 Å². The lowest BCUT2D eigenvalue weighted by atomic mass is 10.3. The maximum atomic E-state index is 11.8. The summed E-state index contributed by atoms with van der Waals surface area (Å²) in [7, 11) is 0. The van der Waals surface area contributed by atoms with Crippen molar-refractivity contribution < 1.29 is 14.7 Å². The molecule has 0 fully saturated rings. The Hall–Kier alpha value is -2.54. The van der Waals surface area contributed by atoms with Crippen LogP contribution in [0.5, 0.6) is 0 Å². The maximum absolute atomic E-state index is 11.8. The van der Waals surface area contributed by atoms with Gasteiger partial charge in [0, 0.05) is 18.0 Å². The van der Waals surface area contributed by atoms with Crippen LogP contribution in [0.4, 0.5) is 10.5 Å². The van der Waals surface area contributed by atoms with E-state index in [1.165, 1.54) is 0 Å². The van der Waals surface area contributed by atoms with Gasteiger partial charge in [0.2, 0.25) is 0 Å². The van der Waals surface area contributed by atoms with Crippen LogP contribution in [0.3, 0.4) is 0 Å². The highest BCUT2D eigenvalue weighted by molar-refractivity contribution is 6.30. The van der Waals surface area contributed by atoms with E-state index in [9.17, 15) is 9.59 Å². The summed E-state index contributed by atoms with van der Waals surface area (Å²) in [4.78, 5) is 22.2. The van der Waals surface area contributed by atoms with Crippen LogP contribution >= 0.6 is 11.6 Å². The third-order valence-corrected chi connectivity index (χ3v) is 3.43. The maximum Gasteiger partial charge on any atom is 0.319 e. The number of anilines is 1. The zero-order chi connectivity index (χ0) is 16.8. The molecule has 0 saturated carbocycles. The van der Waals surface area contributed by atoms with Crippen molar-refractivity contribution in [3.05, 3.63) is 41.2 Å². The molecule has 0 aliphatic carbocycles. The molecule has 0 saturated heterocycles. The van der Waals surface area contributed by atoms with Crippen LogP contribution in [0.1, 0.15) is 18.5 Å². The van der Waals surface area contributed by atoms with Gasteiger partial charge in [0.15, 0.2) is 0 Å². The molecule has 3 N–H and O–H groups in total. The minimum Gasteiger partial charge on any atom is -0.481 e. The Balaban J connectivity index is 1.95. The van der Waals surface area contributed by atoms with E-state index in [2.05, 4.69) is 15.7 Å². The molecular weight excluding hydrogens is 320 g/mol. The van der Waals surface area contributed by atoms with Crippen LogP contribution in [0.15, 0.2) is 30.5 Å². The SMILES string of the molecule is Cc1c(NC(=O)NCCCC(=O)O)cnn1-c1ccc(Cl)cc1. The molecule has 2 amide bonds. The van der Waals surface area contributed by atoms with E-state index >= 15 is 0 Å². The molecule has 0 spiro atoms. The number of aliphatic carboxylic acids is 1. The average molecular weight is 337 g/mol. The molecule has 0 radical (unpaired) electrons. The quantitative estimate of drug-likeness (QED) is 0.707. The molecule has 8 heteroatoms. The minimum absolute atomic E-state index is 0.0216. The number of carbonyl (C=O) groups excluding carboxylic acids is 1. The summed E-state index contributed by atoms with van der Waals surface area (Å²) >= 11 is 5.86. The van der Waals surface area contributed by atoms with Crippen molar-refractivity contribution in [2.45, 2.75) is 19.8 Å². The number of benzene rings is 1. The van der Waals surface area contributed by atoms with E-state index in [0.29, 0.717) is 23.7 Å². The molecular formula is C15H17ClN4O3. The number of rotatable bonds is 6. The third kappa shape index (κ3) is 4.72. The fourth-order valence-electron chi connectivity index (χ4n) is 1.98. The van der Waals surface area contributed by atoms with Gasteiger partial charge < -0.3 is 15.7 Å². The first-order valence-corrected chi connectivity index (χ1v) is 7.42. The molecule has 0 bridgehead atoms. The van der Waals surface area contributed by atoms with Gasteiger partial charge in [-0.15, -0.1) is 0 Å². The lowest BCUT2D eigenvalue weighted by Gasteiger charge is -2.08. The zero-order valence-electron chi connectivity index (χ0n) is 12.5. The van der Waals surface area contributed by atoms with Crippen LogP contribution in [0.2, 0.25) is 5.02 Å². The lowest BCUT2D eigenvalue weighted by Crippen LogP contribution is -2.29. The van der Waals surface area contributed by atoms with E-state index in [1.54, 1.807) is 23.0 Å². The Bertz CT molecular complexity index is 697. The second-order valence-electron chi connectivity index (χ2n) is 4.91. The molecule has 1 heterocycles. The molecule has 0 unspecified atom stereocenters. The predicted octanol–water partition coefficient (Wildman–Crippen LogP) is 2.82. The highest BCUT2D eigenvalue weighted by Crippen LogP contribution is 2.19. The fourth-order valence-corrected chi connectivity index (χ4v) is 2.11. The molecule has 7 nitrogen and oxygen atoms in total. The van der Waals surface area contributed by atoms with Gasteiger partial charge in [-0.3, -0.25) is 4.79 Å². The molecule has 23 heavy (non-hydrogen) atoms. The van der Waals surface area contributed by atoms with Gasteiger partial charge >= 0.3 is 12.0 Å². The van der Waals surface area contributed by atoms with Crippen molar-refractivity contribution in [3.63, 3.8) is 0 Å². The number of carboxylic acid groups (broad SMARTS) is 1. The second-order valence-corrected chi connectivity index (χ2v) is 5.35. The Morgan fingerprint density at radius 2 is 2.00 bits per heavy atom. The summed E-state index contributed by atoms with van der Waals surface area (Å²) in [5, 5.41) is 18.7. The number of halogens is 1. The van der Waals surface area contributed by atoms with Crippen LogP contribution in [0.25, 0.3) is 5.69 Å². The number of amides is 2. The summed E-state index contributed by atoms with van der Waals surface area (Å²) in [5.41, 5.74) is 2.19. The normalized spacial score (nSPS) is 10.3. The number of hydrogen-bond acceptors (Lipinski definition) is 3. The van der Waals surface area contributed by atoms with Crippen molar-refractivity contribution in [3.8, 4) is 5.69 Å². The first kappa shape index (κ1) is 16.8. The van der Waals surface area contributed by atoms with Crippen molar-refractivity contribution >= 4 is 29.3 Å². The van der Waals surface area contributed by atoms with Crippen LogP contribution < -0.4 is 10.6 Å². The van der Waals surface area contributed by atoms with Gasteiger partial charge in [0.25, 0.3) is 0 Å². The highest BCUT2D eigenvalue weighted by Gasteiger charge is 2.10. The number of urea groups is 1. The molecule has 2 rings (SSSR count). The van der Waals surface area contributed by atoms with E-state index in [4.69, 9.17) is 16.7 Å². The smallest absolute Gasteiger partial charge is 0.319 e. The van der Waals surface area contributed by atoms with Gasteiger partial charge in [-0.1, -0.05) is 11.6 Å². The van der Waals surface area contributed by atoms with Crippen LogP contribution in [-0.4, -0.2) is 33.4 Å². The molecule has 122 valence electrons. The first-order valence-electron chi connectivity index (χ1n) is 7.04. The van der Waals surface area contributed by atoms with Gasteiger partial charge in [0.1, 0.15) is 0 Å². The third-order valence-electron chi connectivity index (χ3n) is 3.18. The highest BCUT2D eigenvalue weighted by atomic mass is 35.5.